The zero-order chi connectivity index (χ0) is 14.8. The predicted molar refractivity (Wildman–Crippen MR) is 53.7 cm³/mol. The summed E-state index contributed by atoms with van der Waals surface area (Å²) in [5.74, 6) is -3.03. The van der Waals surface area contributed by atoms with Crippen LogP contribution in [0, 0.1) is 17.0 Å². The summed E-state index contributed by atoms with van der Waals surface area (Å²) in [5.41, 5.74) is -0.722. The third-order valence-electron chi connectivity index (χ3n) is 2.12. The Morgan fingerprint density at radius 3 is 2.58 bits per heavy atom. The first-order valence-electron chi connectivity index (χ1n) is 4.72. The van der Waals surface area contributed by atoms with Crippen molar-refractivity contribution in [1.82, 2.24) is 4.98 Å². The van der Waals surface area contributed by atoms with Gasteiger partial charge in [0.15, 0.2) is 11.9 Å². The smallest absolute Gasteiger partial charge is 0.481 e. The van der Waals surface area contributed by atoms with Crippen LogP contribution in [0.25, 0.3) is 0 Å². The van der Waals surface area contributed by atoms with Crippen molar-refractivity contribution in [3.8, 4) is 5.75 Å². The summed E-state index contributed by atoms with van der Waals surface area (Å²) in [4.78, 5) is 23.5. The minimum Gasteiger partial charge on any atom is -0.481 e. The molecule has 0 atom stereocenters. The molecule has 104 valence electrons. The largest absolute Gasteiger partial charge is 0.573 e. The normalized spacial score (nSPS) is 11.2. The minimum atomic E-state index is -5.04. The summed E-state index contributed by atoms with van der Waals surface area (Å²) in [5, 5.41) is 19.2. The van der Waals surface area contributed by atoms with E-state index in [9.17, 15) is 28.1 Å². The van der Waals surface area contributed by atoms with E-state index in [1.807, 2.05) is 0 Å². The van der Waals surface area contributed by atoms with Gasteiger partial charge >= 0.3 is 18.1 Å². The number of ether oxygens (including phenoxy) is 1. The van der Waals surface area contributed by atoms with Crippen LogP contribution in [0.15, 0.2) is 6.20 Å². The van der Waals surface area contributed by atoms with Gasteiger partial charge in [-0.25, -0.2) is 0 Å². The standard InChI is InChI=1S/C9H7F3N2O5/c1-4-5(2-7(15)16)6(19-9(10,11)12)3-13-8(4)14(17)18/h3H,2H2,1H3,(H,15,16). The van der Waals surface area contributed by atoms with Gasteiger partial charge in [-0.3, -0.25) is 4.79 Å². The second-order valence-electron chi connectivity index (χ2n) is 3.43. The molecule has 0 fully saturated rings. The third-order valence-corrected chi connectivity index (χ3v) is 2.12. The van der Waals surface area contributed by atoms with Crippen LogP contribution in [-0.2, 0) is 11.2 Å². The third kappa shape index (κ3) is 3.79. The number of hydrogen-bond acceptors (Lipinski definition) is 5. The fraction of sp³-hybridized carbons (Fsp3) is 0.333. The van der Waals surface area contributed by atoms with E-state index >= 15 is 0 Å². The molecule has 0 aromatic carbocycles. The fourth-order valence-electron chi connectivity index (χ4n) is 1.38. The number of aliphatic carboxylic acids is 1. The molecular weight excluding hydrogens is 273 g/mol. The van der Waals surface area contributed by atoms with Gasteiger partial charge < -0.3 is 20.0 Å². The molecular formula is C9H7F3N2O5. The van der Waals surface area contributed by atoms with Crippen molar-refractivity contribution in [2.24, 2.45) is 0 Å². The molecule has 7 nitrogen and oxygen atoms in total. The van der Waals surface area contributed by atoms with Crippen LogP contribution in [-0.4, -0.2) is 27.3 Å². The van der Waals surface area contributed by atoms with Crippen LogP contribution in [0.3, 0.4) is 0 Å². The maximum atomic E-state index is 12.1. The number of carboxylic acids is 1. The summed E-state index contributed by atoms with van der Waals surface area (Å²) >= 11 is 0. The second-order valence-corrected chi connectivity index (χ2v) is 3.43. The van der Waals surface area contributed by atoms with E-state index in [0.29, 0.717) is 6.20 Å². The van der Waals surface area contributed by atoms with Gasteiger partial charge in [-0.15, -0.1) is 13.2 Å². The van der Waals surface area contributed by atoms with E-state index in [4.69, 9.17) is 5.11 Å². The topological polar surface area (TPSA) is 103 Å². The summed E-state index contributed by atoms with van der Waals surface area (Å²) in [6, 6.07) is 0. The first kappa shape index (κ1) is 14.7. The number of pyridine rings is 1. The van der Waals surface area contributed by atoms with E-state index in [2.05, 4.69) is 9.72 Å². The van der Waals surface area contributed by atoms with Crippen LogP contribution >= 0.6 is 0 Å². The highest BCUT2D eigenvalue weighted by atomic mass is 19.4. The van der Waals surface area contributed by atoms with Crippen LogP contribution in [0.1, 0.15) is 11.1 Å². The Kier molecular flexibility index (Phi) is 3.92. The van der Waals surface area contributed by atoms with Gasteiger partial charge in [0, 0.05) is 5.56 Å². The van der Waals surface area contributed by atoms with Crippen LogP contribution < -0.4 is 4.74 Å². The van der Waals surface area contributed by atoms with Gasteiger partial charge in [-0.2, -0.15) is 0 Å². The Labute approximate surface area is 103 Å². The number of hydrogen-bond donors (Lipinski definition) is 1. The minimum absolute atomic E-state index is 0.283. The predicted octanol–water partition coefficient (Wildman–Crippen LogP) is 1.82. The van der Waals surface area contributed by atoms with E-state index < -0.39 is 40.8 Å². The number of aromatic nitrogens is 1. The zero-order valence-electron chi connectivity index (χ0n) is 9.39. The molecule has 0 aliphatic heterocycles. The molecule has 1 rings (SSSR count). The van der Waals surface area contributed by atoms with Gasteiger partial charge in [-0.05, 0) is 16.8 Å². The average molecular weight is 280 g/mol. The van der Waals surface area contributed by atoms with Gasteiger partial charge in [0.1, 0.15) is 0 Å². The van der Waals surface area contributed by atoms with Crippen molar-refractivity contribution in [2.45, 2.75) is 19.7 Å². The highest BCUT2D eigenvalue weighted by Crippen LogP contribution is 2.31. The van der Waals surface area contributed by atoms with Crippen LogP contribution in [0.5, 0.6) is 5.75 Å². The molecule has 0 bridgehead atoms. The lowest BCUT2D eigenvalue weighted by Crippen LogP contribution is -2.19. The summed E-state index contributed by atoms with van der Waals surface area (Å²) in [6.45, 7) is 1.10. The van der Waals surface area contributed by atoms with Crippen molar-refractivity contribution < 1.29 is 32.7 Å². The Morgan fingerprint density at radius 1 is 1.58 bits per heavy atom. The summed E-state index contributed by atoms with van der Waals surface area (Å²) in [7, 11) is 0. The summed E-state index contributed by atoms with van der Waals surface area (Å²) in [6.07, 6.45) is -5.41. The molecule has 0 saturated heterocycles. The molecule has 0 amide bonds. The van der Waals surface area contributed by atoms with Crippen LogP contribution in [0.2, 0.25) is 0 Å². The number of halogens is 3. The number of nitrogens with zero attached hydrogens (tertiary/aromatic N) is 2. The zero-order valence-corrected chi connectivity index (χ0v) is 9.39. The van der Waals surface area contributed by atoms with Gasteiger partial charge in [0.2, 0.25) is 0 Å². The number of rotatable bonds is 4. The molecule has 19 heavy (non-hydrogen) atoms. The summed E-state index contributed by atoms with van der Waals surface area (Å²) < 4.78 is 40.0. The van der Waals surface area contributed by atoms with Crippen molar-refractivity contribution in [2.75, 3.05) is 0 Å². The number of carbonyl (C=O) groups is 1. The molecule has 1 heterocycles. The fourth-order valence-corrected chi connectivity index (χ4v) is 1.38. The number of carboxylic acid groups (broad SMARTS) is 1. The highest BCUT2D eigenvalue weighted by Gasteiger charge is 2.34. The lowest BCUT2D eigenvalue weighted by molar-refractivity contribution is -0.390. The lowest BCUT2D eigenvalue weighted by Gasteiger charge is -2.12. The molecule has 0 radical (unpaired) electrons. The molecule has 0 unspecified atom stereocenters. The number of nitro groups is 1. The van der Waals surface area contributed by atoms with Crippen LogP contribution in [0.4, 0.5) is 19.0 Å². The van der Waals surface area contributed by atoms with Crippen molar-refractivity contribution >= 4 is 11.8 Å². The van der Waals surface area contributed by atoms with Gasteiger partial charge in [0.25, 0.3) is 0 Å². The van der Waals surface area contributed by atoms with E-state index in [0.717, 1.165) is 6.92 Å². The van der Waals surface area contributed by atoms with E-state index in [1.54, 1.807) is 0 Å². The second kappa shape index (κ2) is 5.08. The monoisotopic (exact) mass is 280 g/mol. The van der Waals surface area contributed by atoms with Crippen molar-refractivity contribution in [3.05, 3.63) is 27.4 Å². The maximum Gasteiger partial charge on any atom is 0.573 e. The number of alkyl halides is 3. The van der Waals surface area contributed by atoms with Crippen molar-refractivity contribution in [3.63, 3.8) is 0 Å². The SMILES string of the molecule is Cc1c([N+](=O)[O-])ncc(OC(F)(F)F)c1CC(=O)O. The maximum absolute atomic E-state index is 12.1. The molecule has 10 heteroatoms. The van der Waals surface area contributed by atoms with E-state index in [1.165, 1.54) is 0 Å². The Bertz CT molecular complexity index is 529. The molecule has 1 aromatic heterocycles. The Morgan fingerprint density at radius 2 is 2.16 bits per heavy atom. The van der Waals surface area contributed by atoms with Gasteiger partial charge in [0.05, 0.1) is 12.0 Å². The molecule has 0 saturated carbocycles. The quantitative estimate of drug-likeness (QED) is 0.666. The van der Waals surface area contributed by atoms with Crippen molar-refractivity contribution in [1.29, 1.82) is 0 Å². The first-order valence-corrected chi connectivity index (χ1v) is 4.72. The molecule has 0 spiro atoms. The first-order chi connectivity index (χ1) is 8.61. The molecule has 0 aliphatic carbocycles. The lowest BCUT2D eigenvalue weighted by atomic mass is 10.1. The molecule has 0 aliphatic rings. The van der Waals surface area contributed by atoms with Gasteiger partial charge in [-0.1, -0.05) is 0 Å². The Hall–Kier alpha value is -2.39. The Balaban J connectivity index is 3.35. The average Bonchev–Trinajstić information content (AvgIpc) is 2.20. The molecule has 1 N–H and O–H groups in total. The molecule has 1 aromatic rings. The van der Waals surface area contributed by atoms with E-state index in [-0.39, 0.29) is 5.56 Å². The highest BCUT2D eigenvalue weighted by molar-refractivity contribution is 5.72.